The minimum atomic E-state index is -0.370. The molecule has 2 aliphatic heterocycles. The Hall–Kier alpha value is -4.06. The zero-order chi connectivity index (χ0) is 21.1. The van der Waals surface area contributed by atoms with Crippen LogP contribution >= 0.6 is 0 Å². The fraction of sp³-hybridized carbons (Fsp3) is 0.120. The highest BCUT2D eigenvalue weighted by Gasteiger charge is 2.39. The predicted molar refractivity (Wildman–Crippen MR) is 113 cm³/mol. The molecule has 6 rings (SSSR count). The summed E-state index contributed by atoms with van der Waals surface area (Å²) >= 11 is 0. The molecular formula is C25H17NO5. The second-order valence-electron chi connectivity index (χ2n) is 7.75. The molecule has 6 heteroatoms. The van der Waals surface area contributed by atoms with Crippen molar-refractivity contribution in [2.75, 3.05) is 0 Å². The maximum atomic E-state index is 13.2. The molecule has 0 saturated carbocycles. The minimum Gasteiger partial charge on any atom is -0.469 e. The molecule has 4 heterocycles. The molecule has 2 aromatic heterocycles. The lowest BCUT2D eigenvalue weighted by Gasteiger charge is -2.24. The predicted octanol–water partition coefficient (Wildman–Crippen LogP) is 4.83. The van der Waals surface area contributed by atoms with Crippen LogP contribution in [0, 0.1) is 0 Å². The number of furan rings is 1. The van der Waals surface area contributed by atoms with Gasteiger partial charge in [0.1, 0.15) is 17.3 Å². The van der Waals surface area contributed by atoms with Gasteiger partial charge >= 0.3 is 5.97 Å². The van der Waals surface area contributed by atoms with Crippen LogP contribution in [0.15, 0.2) is 71.2 Å². The summed E-state index contributed by atoms with van der Waals surface area (Å²) in [4.78, 5) is 25.3. The number of hydrogen-bond donors (Lipinski definition) is 0. The molecule has 31 heavy (non-hydrogen) atoms. The first kappa shape index (κ1) is 17.8. The molecule has 0 saturated heterocycles. The van der Waals surface area contributed by atoms with Crippen LogP contribution in [-0.2, 0) is 11.8 Å². The van der Waals surface area contributed by atoms with E-state index in [9.17, 15) is 9.59 Å². The monoisotopic (exact) mass is 411 g/mol. The van der Waals surface area contributed by atoms with E-state index in [0.717, 1.165) is 16.5 Å². The van der Waals surface area contributed by atoms with Crippen LogP contribution in [0.1, 0.15) is 39.6 Å². The van der Waals surface area contributed by atoms with Gasteiger partial charge in [-0.2, -0.15) is 0 Å². The van der Waals surface area contributed by atoms with E-state index in [2.05, 4.69) is 0 Å². The molecule has 0 bridgehead atoms. The van der Waals surface area contributed by atoms with Gasteiger partial charge in [-0.15, -0.1) is 0 Å². The van der Waals surface area contributed by atoms with Crippen LogP contribution in [0.2, 0.25) is 0 Å². The molecule has 0 fully saturated rings. The minimum absolute atomic E-state index is 0.122. The zero-order valence-corrected chi connectivity index (χ0v) is 16.6. The zero-order valence-electron chi connectivity index (χ0n) is 16.6. The highest BCUT2D eigenvalue weighted by molar-refractivity contribution is 6.15. The highest BCUT2D eigenvalue weighted by atomic mass is 16.5. The summed E-state index contributed by atoms with van der Waals surface area (Å²) in [7, 11) is 1.97. The van der Waals surface area contributed by atoms with Crippen LogP contribution in [0.5, 0.6) is 11.5 Å². The second-order valence-corrected chi connectivity index (χ2v) is 7.75. The number of nitrogens with zero attached hydrogens (tertiary/aromatic N) is 1. The maximum absolute atomic E-state index is 13.2. The molecule has 0 unspecified atom stereocenters. The second kappa shape index (κ2) is 6.47. The highest BCUT2D eigenvalue weighted by Crippen LogP contribution is 2.49. The number of rotatable bonds is 2. The van der Waals surface area contributed by atoms with Crippen LogP contribution in [0.25, 0.3) is 17.0 Å². The smallest absolute Gasteiger partial charge is 0.312 e. The number of ketones is 1. The Balaban J connectivity index is 1.48. The van der Waals surface area contributed by atoms with Crippen LogP contribution in [-0.4, -0.2) is 16.3 Å². The fourth-order valence-corrected chi connectivity index (χ4v) is 4.47. The maximum Gasteiger partial charge on any atom is 0.312 e. The summed E-state index contributed by atoms with van der Waals surface area (Å²) in [5.41, 5.74) is 3.10. The van der Waals surface area contributed by atoms with E-state index in [-0.39, 0.29) is 29.9 Å². The van der Waals surface area contributed by atoms with Crippen LogP contribution in [0.4, 0.5) is 0 Å². The Morgan fingerprint density at radius 2 is 1.90 bits per heavy atom. The topological polar surface area (TPSA) is 70.7 Å². The number of ether oxygens (including phenoxy) is 2. The largest absolute Gasteiger partial charge is 0.469 e. The quantitative estimate of drug-likeness (QED) is 0.268. The standard InChI is InChI=1S/C25H17NO5/c1-26-13-14(15-5-2-3-6-18(15)26)11-21-24(28)16-8-9-20-23(25(16)31-21)17(12-22(27)30-20)19-7-4-10-29-19/h2-11,13,17H,12H2,1H3/b21-11-/t17-/m0/s1. The Morgan fingerprint density at radius 1 is 1.03 bits per heavy atom. The van der Waals surface area contributed by atoms with Crippen molar-refractivity contribution < 1.29 is 23.5 Å². The van der Waals surface area contributed by atoms with E-state index in [0.29, 0.717) is 28.4 Å². The van der Waals surface area contributed by atoms with Gasteiger partial charge in [0.05, 0.1) is 24.2 Å². The number of fused-ring (bicyclic) bond motifs is 4. The number of aromatic nitrogens is 1. The van der Waals surface area contributed by atoms with Crippen molar-refractivity contribution in [2.45, 2.75) is 12.3 Å². The molecule has 4 aromatic rings. The van der Waals surface area contributed by atoms with Gasteiger partial charge in [-0.1, -0.05) is 18.2 Å². The summed E-state index contributed by atoms with van der Waals surface area (Å²) in [5, 5.41) is 1.04. The van der Waals surface area contributed by atoms with Crippen molar-refractivity contribution in [1.82, 2.24) is 4.57 Å². The van der Waals surface area contributed by atoms with Gasteiger partial charge in [0.25, 0.3) is 0 Å². The molecule has 2 aromatic carbocycles. The lowest BCUT2D eigenvalue weighted by molar-refractivity contribution is -0.135. The van der Waals surface area contributed by atoms with Gasteiger partial charge in [-0.25, -0.2) is 0 Å². The number of para-hydroxylation sites is 1. The summed E-state index contributed by atoms with van der Waals surface area (Å²) in [6.07, 6.45) is 5.43. The lowest BCUT2D eigenvalue weighted by Crippen LogP contribution is -2.21. The Labute approximate surface area is 177 Å². The molecule has 0 radical (unpaired) electrons. The molecular weight excluding hydrogens is 394 g/mol. The van der Waals surface area contributed by atoms with Crippen molar-refractivity contribution in [3.63, 3.8) is 0 Å². The average Bonchev–Trinajstić information content (AvgIpc) is 3.48. The summed E-state index contributed by atoms with van der Waals surface area (Å²) in [6.45, 7) is 0. The van der Waals surface area contributed by atoms with Crippen molar-refractivity contribution >= 4 is 28.7 Å². The van der Waals surface area contributed by atoms with E-state index in [1.54, 1.807) is 30.5 Å². The molecule has 0 spiro atoms. The lowest BCUT2D eigenvalue weighted by atomic mass is 9.88. The summed E-state index contributed by atoms with van der Waals surface area (Å²) in [5.74, 6) is 0.804. The average molecular weight is 411 g/mol. The van der Waals surface area contributed by atoms with E-state index in [4.69, 9.17) is 13.9 Å². The fourth-order valence-electron chi connectivity index (χ4n) is 4.47. The molecule has 152 valence electrons. The third-order valence-electron chi connectivity index (χ3n) is 5.88. The van der Waals surface area contributed by atoms with Crippen LogP contribution < -0.4 is 9.47 Å². The first-order valence-electron chi connectivity index (χ1n) is 9.99. The van der Waals surface area contributed by atoms with Crippen molar-refractivity contribution in [3.05, 3.63) is 89.2 Å². The first-order valence-corrected chi connectivity index (χ1v) is 9.99. The van der Waals surface area contributed by atoms with Gasteiger partial charge in [0.2, 0.25) is 5.78 Å². The molecule has 0 N–H and O–H groups in total. The number of carbonyl (C=O) groups is 2. The van der Waals surface area contributed by atoms with Gasteiger partial charge < -0.3 is 18.5 Å². The summed E-state index contributed by atoms with van der Waals surface area (Å²) in [6, 6.07) is 14.9. The van der Waals surface area contributed by atoms with Gasteiger partial charge in [-0.05, 0) is 36.4 Å². The van der Waals surface area contributed by atoms with Crippen molar-refractivity contribution in [2.24, 2.45) is 7.05 Å². The molecule has 0 aliphatic carbocycles. The molecule has 0 amide bonds. The number of aryl methyl sites for hydroxylation is 1. The van der Waals surface area contributed by atoms with E-state index >= 15 is 0 Å². The number of hydrogen-bond acceptors (Lipinski definition) is 5. The van der Waals surface area contributed by atoms with Gasteiger partial charge in [0.15, 0.2) is 5.76 Å². The van der Waals surface area contributed by atoms with Crippen LogP contribution in [0.3, 0.4) is 0 Å². The number of allylic oxidation sites excluding steroid dienone is 1. The molecule has 1 atom stereocenters. The normalized spacial score (nSPS) is 18.7. The molecule has 2 aliphatic rings. The van der Waals surface area contributed by atoms with E-state index in [1.165, 1.54) is 0 Å². The summed E-state index contributed by atoms with van der Waals surface area (Å²) < 4.78 is 19.1. The van der Waals surface area contributed by atoms with Gasteiger partial charge in [0, 0.05) is 35.3 Å². The number of benzene rings is 2. The Kier molecular flexibility index (Phi) is 3.71. The first-order chi connectivity index (χ1) is 15.1. The third kappa shape index (κ3) is 2.65. The van der Waals surface area contributed by atoms with E-state index in [1.807, 2.05) is 48.1 Å². The number of esters is 1. The molecule has 6 nitrogen and oxygen atoms in total. The third-order valence-corrected chi connectivity index (χ3v) is 5.88. The number of carbonyl (C=O) groups excluding carboxylic acids is 2. The van der Waals surface area contributed by atoms with Crippen molar-refractivity contribution in [1.29, 1.82) is 0 Å². The van der Waals surface area contributed by atoms with E-state index < -0.39 is 0 Å². The Bertz CT molecular complexity index is 1410. The SMILES string of the molecule is Cn1cc(/C=C2\Oc3c(ccc4c3[C@H](c3ccco3)CC(=O)O4)C2=O)c2ccccc21. The Morgan fingerprint density at radius 3 is 2.74 bits per heavy atom. The number of Topliss-reactive ketones (excluding diaryl/α,β-unsaturated/α-hetero) is 1. The van der Waals surface area contributed by atoms with Crippen molar-refractivity contribution in [3.8, 4) is 11.5 Å². The van der Waals surface area contributed by atoms with Gasteiger partial charge in [-0.3, -0.25) is 9.59 Å².